The molecule has 1 N–H and O–H groups in total. The van der Waals surface area contributed by atoms with E-state index >= 15 is 0 Å². The highest BCUT2D eigenvalue weighted by Gasteiger charge is 2.55. The third-order valence-corrected chi connectivity index (χ3v) is 11.1. The molecule has 1 spiro atoms. The summed E-state index contributed by atoms with van der Waals surface area (Å²) in [4.78, 5) is 2.49. The average Bonchev–Trinajstić information content (AvgIpc) is 3.21. The SMILES string of the molecule is C1=CC2Nc3ccc(-c4ccccc4)cc3C3(c4ccccc4N(c4ccc(-c5ccccc5)cc4)c4ccc(-c5ccccc5)cc43)C2C=C1. The molecule has 3 atom stereocenters. The summed E-state index contributed by atoms with van der Waals surface area (Å²) in [6.07, 6.45) is 9.23. The highest BCUT2D eigenvalue weighted by Crippen LogP contribution is 2.62. The number of nitrogens with one attached hydrogen (secondary N) is 1. The fourth-order valence-electron chi connectivity index (χ4n) is 8.82. The van der Waals surface area contributed by atoms with Crippen molar-refractivity contribution in [3.63, 3.8) is 0 Å². The summed E-state index contributed by atoms with van der Waals surface area (Å²) < 4.78 is 0. The molecular formula is C49H36N2. The number of benzene rings is 7. The molecule has 2 heteroatoms. The molecule has 7 aromatic carbocycles. The van der Waals surface area contributed by atoms with Crippen LogP contribution >= 0.6 is 0 Å². The smallest absolute Gasteiger partial charge is 0.0598 e. The molecule has 3 aliphatic rings. The molecule has 242 valence electrons. The number of anilines is 4. The van der Waals surface area contributed by atoms with Crippen molar-refractivity contribution in [1.29, 1.82) is 0 Å². The fraction of sp³-hybridized carbons (Fsp3) is 0.0612. The quantitative estimate of drug-likeness (QED) is 0.204. The molecule has 0 bridgehead atoms. The second kappa shape index (κ2) is 11.9. The van der Waals surface area contributed by atoms with Crippen LogP contribution in [0.5, 0.6) is 0 Å². The van der Waals surface area contributed by atoms with Crippen LogP contribution in [0.25, 0.3) is 33.4 Å². The Kier molecular flexibility index (Phi) is 6.89. The Balaban J connectivity index is 1.27. The molecule has 51 heavy (non-hydrogen) atoms. The molecule has 0 fully saturated rings. The van der Waals surface area contributed by atoms with Crippen LogP contribution in [0, 0.1) is 5.92 Å². The van der Waals surface area contributed by atoms with Gasteiger partial charge in [0.05, 0.1) is 22.8 Å². The first-order valence-electron chi connectivity index (χ1n) is 17.9. The molecule has 0 radical (unpaired) electrons. The standard InChI is InChI=1S/C49H36N2/c1-4-14-34(15-5-1)37-24-28-40(29-25-37)51-47-23-13-11-21-42(47)49(44-33-39(27-31-48(44)51)36-18-8-3-9-19-36)41-20-10-12-22-45(41)50-46-30-26-38(32-43(46)49)35-16-6-2-7-17-35/h1-33,41,45,50H. The van der Waals surface area contributed by atoms with Crippen molar-refractivity contribution in [2.75, 3.05) is 10.2 Å². The molecule has 0 amide bonds. The molecule has 0 saturated carbocycles. The summed E-state index contributed by atoms with van der Waals surface area (Å²) in [7, 11) is 0. The highest BCUT2D eigenvalue weighted by molar-refractivity contribution is 5.92. The number of rotatable bonds is 4. The fourth-order valence-corrected chi connectivity index (χ4v) is 8.82. The van der Waals surface area contributed by atoms with Gasteiger partial charge in [0, 0.05) is 17.3 Å². The maximum atomic E-state index is 3.97. The first-order valence-corrected chi connectivity index (χ1v) is 17.9. The van der Waals surface area contributed by atoms with Crippen molar-refractivity contribution >= 4 is 22.7 Å². The van der Waals surface area contributed by atoms with Gasteiger partial charge in [0.1, 0.15) is 0 Å². The van der Waals surface area contributed by atoms with Gasteiger partial charge in [0.15, 0.2) is 0 Å². The van der Waals surface area contributed by atoms with Gasteiger partial charge in [0.2, 0.25) is 0 Å². The van der Waals surface area contributed by atoms with Gasteiger partial charge < -0.3 is 10.2 Å². The Morgan fingerprint density at radius 3 is 1.61 bits per heavy atom. The zero-order valence-corrected chi connectivity index (χ0v) is 28.2. The number of allylic oxidation sites excluding steroid dienone is 2. The van der Waals surface area contributed by atoms with Gasteiger partial charge >= 0.3 is 0 Å². The maximum Gasteiger partial charge on any atom is 0.0598 e. The summed E-state index contributed by atoms with van der Waals surface area (Å²) in [6, 6.07) is 64.7. The Bertz CT molecular complexity index is 2450. The second-order valence-electron chi connectivity index (χ2n) is 13.8. The van der Waals surface area contributed by atoms with E-state index in [9.17, 15) is 0 Å². The zero-order valence-electron chi connectivity index (χ0n) is 28.2. The molecule has 3 unspecified atom stereocenters. The third-order valence-electron chi connectivity index (χ3n) is 11.1. The minimum absolute atomic E-state index is 0.128. The first-order chi connectivity index (χ1) is 25.3. The Morgan fingerprint density at radius 1 is 0.412 bits per heavy atom. The van der Waals surface area contributed by atoms with Crippen molar-refractivity contribution in [3.05, 3.63) is 217 Å². The van der Waals surface area contributed by atoms with E-state index in [0.29, 0.717) is 0 Å². The Morgan fingerprint density at radius 2 is 0.922 bits per heavy atom. The zero-order chi connectivity index (χ0) is 33.8. The van der Waals surface area contributed by atoms with Crippen LogP contribution in [0.1, 0.15) is 16.7 Å². The van der Waals surface area contributed by atoms with E-state index in [1.165, 1.54) is 67.1 Å². The lowest BCUT2D eigenvalue weighted by atomic mass is 9.55. The number of nitrogens with zero attached hydrogens (tertiary/aromatic N) is 1. The summed E-state index contributed by atoms with van der Waals surface area (Å²) in [6.45, 7) is 0. The minimum Gasteiger partial charge on any atom is -0.378 e. The number of para-hydroxylation sites is 1. The minimum atomic E-state index is -0.478. The predicted molar refractivity (Wildman–Crippen MR) is 213 cm³/mol. The first kappa shape index (κ1) is 29.5. The maximum absolute atomic E-state index is 3.97. The van der Waals surface area contributed by atoms with Crippen molar-refractivity contribution < 1.29 is 0 Å². The van der Waals surface area contributed by atoms with E-state index in [4.69, 9.17) is 0 Å². The Labute approximate surface area is 299 Å². The largest absolute Gasteiger partial charge is 0.378 e. The van der Waals surface area contributed by atoms with Crippen LogP contribution in [-0.4, -0.2) is 6.04 Å². The Hall–Kier alpha value is -6.38. The predicted octanol–water partition coefficient (Wildman–Crippen LogP) is 12.3. The summed E-state index contributed by atoms with van der Waals surface area (Å²) >= 11 is 0. The van der Waals surface area contributed by atoms with Gasteiger partial charge in [-0.1, -0.05) is 158 Å². The van der Waals surface area contributed by atoms with Gasteiger partial charge in [-0.3, -0.25) is 0 Å². The van der Waals surface area contributed by atoms with Crippen molar-refractivity contribution in [2.24, 2.45) is 5.92 Å². The van der Waals surface area contributed by atoms with Gasteiger partial charge in [0.25, 0.3) is 0 Å². The lowest BCUT2D eigenvalue weighted by Crippen LogP contribution is -2.52. The summed E-state index contributed by atoms with van der Waals surface area (Å²) in [5.74, 6) is 0.134. The molecular weight excluding hydrogens is 617 g/mol. The highest BCUT2D eigenvalue weighted by atomic mass is 15.2. The van der Waals surface area contributed by atoms with Crippen LogP contribution in [-0.2, 0) is 5.41 Å². The van der Waals surface area contributed by atoms with E-state index in [1.54, 1.807) is 0 Å². The number of hydrogen-bond acceptors (Lipinski definition) is 2. The van der Waals surface area contributed by atoms with Crippen LogP contribution < -0.4 is 10.2 Å². The number of hydrogen-bond donors (Lipinski definition) is 1. The summed E-state index contributed by atoms with van der Waals surface area (Å²) in [5.41, 5.74) is 15.5. The van der Waals surface area contributed by atoms with Crippen molar-refractivity contribution in [2.45, 2.75) is 11.5 Å². The lowest BCUT2D eigenvalue weighted by molar-refractivity contribution is 0.405. The average molecular weight is 653 g/mol. The molecule has 2 aliphatic heterocycles. The van der Waals surface area contributed by atoms with Crippen LogP contribution in [0.15, 0.2) is 200 Å². The molecule has 7 aromatic rings. The number of fused-ring (bicyclic) bond motifs is 8. The van der Waals surface area contributed by atoms with Crippen LogP contribution in [0.4, 0.5) is 22.7 Å². The lowest BCUT2D eigenvalue weighted by Gasteiger charge is -2.54. The van der Waals surface area contributed by atoms with E-state index < -0.39 is 5.41 Å². The van der Waals surface area contributed by atoms with E-state index in [-0.39, 0.29) is 12.0 Å². The summed E-state index contributed by atoms with van der Waals surface area (Å²) in [5, 5.41) is 3.97. The second-order valence-corrected chi connectivity index (χ2v) is 13.8. The molecule has 0 saturated heterocycles. The normalized spacial score (nSPS) is 19.4. The molecule has 2 nitrogen and oxygen atoms in total. The van der Waals surface area contributed by atoms with Gasteiger partial charge in [-0.2, -0.15) is 0 Å². The van der Waals surface area contributed by atoms with Crippen LogP contribution in [0.2, 0.25) is 0 Å². The van der Waals surface area contributed by atoms with E-state index in [0.717, 1.165) is 5.69 Å². The molecule has 0 aromatic heterocycles. The topological polar surface area (TPSA) is 15.3 Å². The monoisotopic (exact) mass is 652 g/mol. The van der Waals surface area contributed by atoms with Gasteiger partial charge in [-0.05, 0) is 92.5 Å². The van der Waals surface area contributed by atoms with Gasteiger partial charge in [-0.25, -0.2) is 0 Å². The molecule has 10 rings (SSSR count). The van der Waals surface area contributed by atoms with Crippen LogP contribution in [0.3, 0.4) is 0 Å². The molecule has 2 heterocycles. The van der Waals surface area contributed by atoms with Crippen molar-refractivity contribution in [3.8, 4) is 33.4 Å². The van der Waals surface area contributed by atoms with Gasteiger partial charge in [-0.15, -0.1) is 0 Å². The van der Waals surface area contributed by atoms with E-state index in [1.807, 2.05) is 0 Å². The third kappa shape index (κ3) is 4.64. The molecule has 1 aliphatic carbocycles. The van der Waals surface area contributed by atoms with Crippen molar-refractivity contribution in [1.82, 2.24) is 0 Å². The van der Waals surface area contributed by atoms with E-state index in [2.05, 4.69) is 210 Å².